The molecule has 0 radical (unpaired) electrons. The van der Waals surface area contributed by atoms with Gasteiger partial charge < -0.3 is 15.4 Å². The Kier molecular flexibility index (Phi) is 5.92. The van der Waals surface area contributed by atoms with Crippen LogP contribution in [0.1, 0.15) is 73.7 Å². The molecule has 4 nitrogen and oxygen atoms in total. The molecule has 2 unspecified atom stereocenters. The fourth-order valence-corrected chi connectivity index (χ4v) is 6.37. The number of nitrogens with one attached hydrogen (secondary N) is 2. The molecule has 0 amide bonds. The van der Waals surface area contributed by atoms with Gasteiger partial charge in [-0.15, -0.1) is 11.3 Å². The first-order chi connectivity index (χ1) is 12.3. The number of ether oxygens (including phenoxy) is 1. The first kappa shape index (κ1) is 19.6. The van der Waals surface area contributed by atoms with Crippen LogP contribution in [0.5, 0.6) is 0 Å². The molecule has 1 aromatic heterocycles. The summed E-state index contributed by atoms with van der Waals surface area (Å²) in [6, 6.07) is 0.380. The Bertz CT molecular complexity index is 696. The van der Waals surface area contributed by atoms with Crippen molar-refractivity contribution in [3.05, 3.63) is 16.0 Å². The minimum Gasteiger partial charge on any atom is -0.465 e. The van der Waals surface area contributed by atoms with Crippen molar-refractivity contribution < 1.29 is 9.53 Å². The minimum atomic E-state index is -0.262. The van der Waals surface area contributed by atoms with Crippen LogP contribution in [0.2, 0.25) is 0 Å². The van der Waals surface area contributed by atoms with E-state index in [0.29, 0.717) is 28.1 Å². The average molecular weight is 395 g/mol. The van der Waals surface area contributed by atoms with E-state index in [9.17, 15) is 4.79 Å². The highest BCUT2D eigenvalue weighted by molar-refractivity contribution is 7.80. The Balaban J connectivity index is 1.73. The van der Waals surface area contributed by atoms with Gasteiger partial charge in [0.05, 0.1) is 12.7 Å². The molecule has 2 N–H and O–H groups in total. The highest BCUT2D eigenvalue weighted by atomic mass is 32.1. The maximum absolute atomic E-state index is 12.3. The Morgan fingerprint density at radius 1 is 1.27 bits per heavy atom. The van der Waals surface area contributed by atoms with Crippen LogP contribution in [0.25, 0.3) is 0 Å². The Morgan fingerprint density at radius 2 is 2.00 bits per heavy atom. The fraction of sp³-hybridized carbons (Fsp3) is 0.700. The number of aryl methyl sites for hydroxylation is 1. The number of esters is 1. The van der Waals surface area contributed by atoms with E-state index in [4.69, 9.17) is 17.0 Å². The summed E-state index contributed by atoms with van der Waals surface area (Å²) in [5, 5.41) is 8.26. The molecule has 0 saturated heterocycles. The van der Waals surface area contributed by atoms with E-state index in [1.54, 1.807) is 11.3 Å². The predicted octanol–water partition coefficient (Wildman–Crippen LogP) is 4.91. The summed E-state index contributed by atoms with van der Waals surface area (Å²) in [7, 11) is 1.45. The lowest BCUT2D eigenvalue weighted by molar-refractivity contribution is 0.0601. The molecule has 1 saturated carbocycles. The van der Waals surface area contributed by atoms with Crippen LogP contribution >= 0.6 is 23.6 Å². The van der Waals surface area contributed by atoms with Gasteiger partial charge >= 0.3 is 5.97 Å². The second kappa shape index (κ2) is 7.85. The molecule has 2 aliphatic rings. The topological polar surface area (TPSA) is 50.4 Å². The van der Waals surface area contributed by atoms with Crippen molar-refractivity contribution in [1.82, 2.24) is 5.32 Å². The lowest BCUT2D eigenvalue weighted by Gasteiger charge is -2.39. The number of carbonyl (C=O) groups is 1. The zero-order chi connectivity index (χ0) is 18.9. The third kappa shape index (κ3) is 4.39. The van der Waals surface area contributed by atoms with Gasteiger partial charge in [0.1, 0.15) is 5.00 Å². The number of fused-ring (bicyclic) bond motifs is 1. The summed E-state index contributed by atoms with van der Waals surface area (Å²) < 4.78 is 5.04. The summed E-state index contributed by atoms with van der Waals surface area (Å²) in [4.78, 5) is 13.6. The van der Waals surface area contributed by atoms with Gasteiger partial charge in [0.2, 0.25) is 0 Å². The van der Waals surface area contributed by atoms with Crippen LogP contribution in [-0.2, 0) is 17.6 Å². The number of rotatable bonds is 3. The molecule has 3 rings (SSSR count). The van der Waals surface area contributed by atoms with Gasteiger partial charge in [-0.1, -0.05) is 20.8 Å². The van der Waals surface area contributed by atoms with Crippen LogP contribution in [-0.4, -0.2) is 24.2 Å². The summed E-state index contributed by atoms with van der Waals surface area (Å²) in [6.07, 6.45) is 7.82. The molecule has 144 valence electrons. The molecular weight excluding hydrogens is 364 g/mol. The molecular formula is C20H30N2O2S2. The number of anilines is 1. The van der Waals surface area contributed by atoms with E-state index >= 15 is 0 Å². The van der Waals surface area contributed by atoms with Crippen LogP contribution in [0.15, 0.2) is 0 Å². The van der Waals surface area contributed by atoms with Crippen LogP contribution < -0.4 is 10.6 Å². The number of hydrogen-bond donors (Lipinski definition) is 2. The average Bonchev–Trinajstić information content (AvgIpc) is 2.89. The second-order valence-electron chi connectivity index (χ2n) is 8.62. The molecule has 0 aliphatic heterocycles. The number of methoxy groups -OCH3 is 1. The molecule has 26 heavy (non-hydrogen) atoms. The number of thiophene rings is 1. The standard InChI is InChI=1S/C20H30N2O2S2/c1-12-9-13(11-20(2,3)10-12)21-19(25)22-17-16(18(23)24-4)14-7-5-6-8-15(14)26-17/h12-13H,5-11H2,1-4H3,(H2,21,22,25). The summed E-state index contributed by atoms with van der Waals surface area (Å²) in [5.41, 5.74) is 2.18. The van der Waals surface area contributed by atoms with Gasteiger partial charge in [-0.2, -0.15) is 0 Å². The maximum atomic E-state index is 12.3. The monoisotopic (exact) mass is 394 g/mol. The quantitative estimate of drug-likeness (QED) is 0.563. The molecule has 0 aromatic carbocycles. The Labute approximate surface area is 166 Å². The summed E-state index contributed by atoms with van der Waals surface area (Å²) in [5.74, 6) is 0.431. The van der Waals surface area contributed by atoms with E-state index < -0.39 is 0 Å². The zero-order valence-electron chi connectivity index (χ0n) is 16.2. The van der Waals surface area contributed by atoms with E-state index in [1.807, 2.05) is 0 Å². The third-order valence-corrected chi connectivity index (χ3v) is 6.94. The van der Waals surface area contributed by atoms with E-state index in [1.165, 1.54) is 24.8 Å². The predicted molar refractivity (Wildman–Crippen MR) is 112 cm³/mol. The lowest BCUT2D eigenvalue weighted by Crippen LogP contribution is -2.44. The van der Waals surface area contributed by atoms with Crippen LogP contribution in [0.3, 0.4) is 0 Å². The van der Waals surface area contributed by atoms with E-state index in [0.717, 1.165) is 42.7 Å². The van der Waals surface area contributed by atoms with Crippen molar-refractivity contribution in [2.75, 3.05) is 12.4 Å². The third-order valence-electron chi connectivity index (χ3n) is 5.51. The summed E-state index contributed by atoms with van der Waals surface area (Å²) >= 11 is 7.24. The first-order valence-electron chi connectivity index (χ1n) is 9.59. The summed E-state index contributed by atoms with van der Waals surface area (Å²) in [6.45, 7) is 6.97. The molecule has 1 aromatic rings. The van der Waals surface area contributed by atoms with Crippen LogP contribution in [0.4, 0.5) is 5.00 Å². The zero-order valence-corrected chi connectivity index (χ0v) is 17.9. The van der Waals surface area contributed by atoms with Crippen molar-refractivity contribution >= 4 is 39.6 Å². The van der Waals surface area contributed by atoms with Gasteiger partial charge in [0.25, 0.3) is 0 Å². The highest BCUT2D eigenvalue weighted by Crippen LogP contribution is 2.40. The van der Waals surface area contributed by atoms with E-state index in [-0.39, 0.29) is 5.97 Å². The number of carbonyl (C=O) groups excluding carboxylic acids is 1. The van der Waals surface area contributed by atoms with Gasteiger partial charge in [0.15, 0.2) is 5.11 Å². The van der Waals surface area contributed by atoms with Gasteiger partial charge in [0, 0.05) is 10.9 Å². The SMILES string of the molecule is COC(=O)c1c(NC(=S)NC2CC(C)CC(C)(C)C2)sc2c1CCCC2. The van der Waals surface area contributed by atoms with Crippen molar-refractivity contribution in [2.45, 2.75) is 71.8 Å². The van der Waals surface area contributed by atoms with Crippen molar-refractivity contribution in [2.24, 2.45) is 11.3 Å². The maximum Gasteiger partial charge on any atom is 0.341 e. The fourth-order valence-electron chi connectivity index (χ4n) is 4.75. The second-order valence-corrected chi connectivity index (χ2v) is 10.1. The number of thiocarbonyl (C=S) groups is 1. The van der Waals surface area contributed by atoms with Gasteiger partial charge in [-0.3, -0.25) is 0 Å². The Hall–Kier alpha value is -1.14. The molecule has 2 aliphatic carbocycles. The first-order valence-corrected chi connectivity index (χ1v) is 10.8. The molecule has 1 heterocycles. The molecule has 1 fully saturated rings. The molecule has 2 atom stereocenters. The van der Waals surface area contributed by atoms with E-state index in [2.05, 4.69) is 31.4 Å². The van der Waals surface area contributed by atoms with Gasteiger partial charge in [-0.25, -0.2) is 4.79 Å². The molecule has 0 spiro atoms. The molecule has 6 heteroatoms. The Morgan fingerprint density at radius 3 is 2.69 bits per heavy atom. The largest absolute Gasteiger partial charge is 0.465 e. The normalized spacial score (nSPS) is 24.5. The van der Waals surface area contributed by atoms with Crippen molar-refractivity contribution in [3.63, 3.8) is 0 Å². The number of hydrogen-bond acceptors (Lipinski definition) is 4. The van der Waals surface area contributed by atoms with Gasteiger partial charge in [-0.05, 0) is 74.1 Å². The lowest BCUT2D eigenvalue weighted by atomic mass is 9.71. The minimum absolute atomic E-state index is 0.262. The van der Waals surface area contributed by atoms with Crippen molar-refractivity contribution in [1.29, 1.82) is 0 Å². The van der Waals surface area contributed by atoms with Crippen LogP contribution in [0, 0.1) is 11.3 Å². The van der Waals surface area contributed by atoms with Crippen molar-refractivity contribution in [3.8, 4) is 0 Å². The smallest absolute Gasteiger partial charge is 0.341 e. The molecule has 0 bridgehead atoms. The highest BCUT2D eigenvalue weighted by Gasteiger charge is 2.32.